The average Bonchev–Trinajstić information content (AvgIpc) is 3.38. The zero-order chi connectivity index (χ0) is 26.0. The van der Waals surface area contributed by atoms with Crippen LogP contribution >= 0.6 is 0 Å². The number of hydrogen-bond acceptors (Lipinski definition) is 4. The first-order valence-corrected chi connectivity index (χ1v) is 13.8. The molecule has 2 fully saturated rings. The van der Waals surface area contributed by atoms with Gasteiger partial charge in [0, 0.05) is 50.4 Å². The van der Waals surface area contributed by atoms with Gasteiger partial charge >= 0.3 is 6.03 Å². The fourth-order valence-corrected chi connectivity index (χ4v) is 6.05. The molecule has 0 bridgehead atoms. The Hall–Kier alpha value is -1.77. The minimum absolute atomic E-state index is 0.0135. The maximum atomic E-state index is 14.9. The Kier molecular flexibility index (Phi) is 11.4. The van der Waals surface area contributed by atoms with Gasteiger partial charge in [-0.25, -0.2) is 13.6 Å². The van der Waals surface area contributed by atoms with E-state index in [1.54, 1.807) is 4.90 Å². The monoisotopic (exact) mass is 509 g/mol. The minimum Gasteiger partial charge on any atom is -0.385 e. The number of likely N-dealkylation sites (N-methyl/N-ethyl adjacent to an activating group) is 1. The zero-order valence-corrected chi connectivity index (χ0v) is 22.0. The van der Waals surface area contributed by atoms with Crippen LogP contribution in [0.15, 0.2) is 18.2 Å². The third kappa shape index (κ3) is 7.62. The van der Waals surface area contributed by atoms with Crippen LogP contribution in [-0.4, -0.2) is 62.0 Å². The smallest absolute Gasteiger partial charge is 0.317 e. The molecule has 36 heavy (non-hydrogen) atoms. The van der Waals surface area contributed by atoms with Gasteiger partial charge in [0.1, 0.15) is 0 Å². The molecule has 1 aromatic carbocycles. The van der Waals surface area contributed by atoms with Crippen LogP contribution < -0.4 is 10.6 Å². The normalized spacial score (nSPS) is 21.4. The fraction of sp³-hybridized carbons (Fsp3) is 0.750. The van der Waals surface area contributed by atoms with Crippen molar-refractivity contribution in [2.75, 3.05) is 39.9 Å². The van der Waals surface area contributed by atoms with E-state index >= 15 is 0 Å². The first-order chi connectivity index (χ1) is 17.4. The van der Waals surface area contributed by atoms with Gasteiger partial charge in [-0.15, -0.1) is 0 Å². The summed E-state index contributed by atoms with van der Waals surface area (Å²) in [4.78, 5) is 15.0. The summed E-state index contributed by atoms with van der Waals surface area (Å²) >= 11 is 0. The number of hydrogen-bond donors (Lipinski definition) is 3. The molecule has 1 heterocycles. The van der Waals surface area contributed by atoms with Crippen molar-refractivity contribution in [3.63, 3.8) is 0 Å². The highest BCUT2D eigenvalue weighted by atomic mass is 19.2. The second kappa shape index (κ2) is 14.2. The third-order valence-electron chi connectivity index (χ3n) is 7.97. The standard InChI is InChI=1S/C28H45F2N3O3/c1-3-36-17-7-6-15-28(35,24-13-8-14-25(29)26(24)30)22-12-9-16-33(20-22)27(34)32-23(19-31-2)18-21-10-4-5-11-21/h8,13-14,21-23,31,35H,3-7,9-12,15-20H2,1-2H3,(H,32,34)/t22-,23+,28+/m1/s1. The van der Waals surface area contributed by atoms with Gasteiger partial charge in [-0.05, 0) is 64.5 Å². The van der Waals surface area contributed by atoms with Gasteiger partial charge in [-0.3, -0.25) is 0 Å². The lowest BCUT2D eigenvalue weighted by atomic mass is 9.74. The van der Waals surface area contributed by atoms with E-state index < -0.39 is 23.2 Å². The number of unbranched alkanes of at least 4 members (excludes halogenated alkanes) is 1. The van der Waals surface area contributed by atoms with Crippen molar-refractivity contribution in [1.82, 2.24) is 15.5 Å². The molecule has 1 aromatic rings. The van der Waals surface area contributed by atoms with Crippen LogP contribution in [0.5, 0.6) is 0 Å². The Bertz CT molecular complexity index is 821. The average molecular weight is 510 g/mol. The molecular formula is C28H45F2N3O3. The van der Waals surface area contributed by atoms with E-state index in [1.807, 2.05) is 14.0 Å². The quantitative estimate of drug-likeness (QED) is 0.329. The molecule has 1 aliphatic carbocycles. The van der Waals surface area contributed by atoms with Crippen LogP contribution in [0.4, 0.5) is 13.6 Å². The predicted molar refractivity (Wildman–Crippen MR) is 138 cm³/mol. The maximum Gasteiger partial charge on any atom is 0.317 e. The van der Waals surface area contributed by atoms with Gasteiger partial charge in [0.15, 0.2) is 11.6 Å². The van der Waals surface area contributed by atoms with E-state index in [0.29, 0.717) is 58.0 Å². The maximum absolute atomic E-state index is 14.9. The van der Waals surface area contributed by atoms with Crippen molar-refractivity contribution in [2.45, 2.75) is 82.8 Å². The van der Waals surface area contributed by atoms with Crippen LogP contribution in [-0.2, 0) is 10.3 Å². The fourth-order valence-electron chi connectivity index (χ4n) is 6.05. The number of nitrogens with zero attached hydrogens (tertiary/aromatic N) is 1. The minimum atomic E-state index is -1.56. The Labute approximate surface area is 215 Å². The van der Waals surface area contributed by atoms with E-state index in [2.05, 4.69) is 10.6 Å². The molecule has 3 N–H and O–H groups in total. The molecule has 8 heteroatoms. The number of urea groups is 1. The summed E-state index contributed by atoms with van der Waals surface area (Å²) in [5.41, 5.74) is -1.58. The van der Waals surface area contributed by atoms with Crippen LogP contribution in [0.25, 0.3) is 0 Å². The molecule has 3 atom stereocenters. The number of piperidine rings is 1. The lowest BCUT2D eigenvalue weighted by molar-refractivity contribution is -0.0593. The van der Waals surface area contributed by atoms with Gasteiger partial charge in [0.05, 0.1) is 5.60 Å². The molecule has 0 aromatic heterocycles. The summed E-state index contributed by atoms with van der Waals surface area (Å²) < 4.78 is 34.5. The summed E-state index contributed by atoms with van der Waals surface area (Å²) in [5, 5.41) is 18.3. The molecule has 0 spiro atoms. The molecule has 1 saturated heterocycles. The Balaban J connectivity index is 1.72. The number of carbonyl (C=O) groups is 1. The predicted octanol–water partition coefficient (Wildman–Crippen LogP) is 4.95. The Morgan fingerprint density at radius 1 is 1.22 bits per heavy atom. The lowest BCUT2D eigenvalue weighted by Crippen LogP contribution is -2.54. The number of rotatable bonds is 13. The van der Waals surface area contributed by atoms with Crippen molar-refractivity contribution in [2.24, 2.45) is 11.8 Å². The number of benzene rings is 1. The summed E-state index contributed by atoms with van der Waals surface area (Å²) in [6.45, 7) is 4.70. The topological polar surface area (TPSA) is 73.8 Å². The van der Waals surface area contributed by atoms with Gasteiger partial charge < -0.3 is 25.4 Å². The van der Waals surface area contributed by atoms with Crippen molar-refractivity contribution in [3.05, 3.63) is 35.4 Å². The van der Waals surface area contributed by atoms with E-state index in [9.17, 15) is 18.7 Å². The number of likely N-dealkylation sites (tertiary alicyclic amines) is 1. The number of halogens is 2. The van der Waals surface area contributed by atoms with E-state index in [4.69, 9.17) is 4.74 Å². The van der Waals surface area contributed by atoms with Crippen molar-refractivity contribution >= 4 is 6.03 Å². The van der Waals surface area contributed by atoms with Crippen molar-refractivity contribution in [1.29, 1.82) is 0 Å². The van der Waals surface area contributed by atoms with E-state index in [1.165, 1.54) is 37.8 Å². The molecular weight excluding hydrogens is 464 g/mol. The van der Waals surface area contributed by atoms with Crippen LogP contribution in [0.2, 0.25) is 0 Å². The van der Waals surface area contributed by atoms with Crippen LogP contribution in [0, 0.1) is 23.5 Å². The first kappa shape index (κ1) is 28.8. The van der Waals surface area contributed by atoms with Crippen molar-refractivity contribution < 1.29 is 23.4 Å². The SMILES string of the molecule is CCOCCCC[C@@](O)(c1cccc(F)c1F)[C@@H]1CCCN(C(=O)N[C@H](CNC)CC2CCCC2)C1. The molecule has 6 nitrogen and oxygen atoms in total. The summed E-state index contributed by atoms with van der Waals surface area (Å²) in [6.07, 6.45) is 8.88. The summed E-state index contributed by atoms with van der Waals surface area (Å²) in [7, 11) is 1.89. The van der Waals surface area contributed by atoms with Gasteiger partial charge in [0.2, 0.25) is 0 Å². The number of amides is 2. The number of carbonyl (C=O) groups excluding carboxylic acids is 1. The van der Waals surface area contributed by atoms with Gasteiger partial charge in [-0.2, -0.15) is 0 Å². The summed E-state index contributed by atoms with van der Waals surface area (Å²) in [5.74, 6) is -1.71. The molecule has 0 unspecified atom stereocenters. The lowest BCUT2D eigenvalue weighted by Gasteiger charge is -2.43. The third-order valence-corrected chi connectivity index (χ3v) is 7.97. The molecule has 2 amide bonds. The number of nitrogens with one attached hydrogen (secondary N) is 2. The van der Waals surface area contributed by atoms with Gasteiger partial charge in [0.25, 0.3) is 0 Å². The zero-order valence-electron chi connectivity index (χ0n) is 22.0. The van der Waals surface area contributed by atoms with E-state index in [-0.39, 0.29) is 24.1 Å². The highest BCUT2D eigenvalue weighted by Gasteiger charge is 2.43. The Morgan fingerprint density at radius 2 is 2.00 bits per heavy atom. The summed E-state index contributed by atoms with van der Waals surface area (Å²) in [6, 6.07) is 3.89. The molecule has 204 valence electrons. The molecule has 1 aliphatic heterocycles. The highest BCUT2D eigenvalue weighted by Crippen LogP contribution is 2.41. The van der Waals surface area contributed by atoms with Crippen LogP contribution in [0.3, 0.4) is 0 Å². The highest BCUT2D eigenvalue weighted by molar-refractivity contribution is 5.74. The molecule has 1 saturated carbocycles. The van der Waals surface area contributed by atoms with E-state index in [0.717, 1.165) is 18.9 Å². The van der Waals surface area contributed by atoms with Crippen LogP contribution in [0.1, 0.15) is 76.7 Å². The second-order valence-corrected chi connectivity index (χ2v) is 10.6. The van der Waals surface area contributed by atoms with Crippen molar-refractivity contribution in [3.8, 4) is 0 Å². The van der Waals surface area contributed by atoms with Gasteiger partial charge in [-0.1, -0.05) is 37.8 Å². The Morgan fingerprint density at radius 3 is 2.72 bits per heavy atom. The molecule has 0 radical (unpaired) electrons. The number of ether oxygens (including phenoxy) is 1. The number of aliphatic hydroxyl groups is 1. The largest absolute Gasteiger partial charge is 0.385 e. The molecule has 2 aliphatic rings. The molecule has 3 rings (SSSR count). The second-order valence-electron chi connectivity index (χ2n) is 10.6. The first-order valence-electron chi connectivity index (χ1n) is 13.8.